The van der Waals surface area contributed by atoms with E-state index >= 15 is 0 Å². The lowest BCUT2D eigenvalue weighted by Gasteiger charge is -2.18. The minimum Gasteiger partial charge on any atom is -0.465 e. The van der Waals surface area contributed by atoms with Crippen molar-refractivity contribution in [3.63, 3.8) is 0 Å². The van der Waals surface area contributed by atoms with E-state index in [2.05, 4.69) is 32.2 Å². The minimum atomic E-state index is -0.425. The predicted molar refractivity (Wildman–Crippen MR) is 88.0 cm³/mol. The average molecular weight is 304 g/mol. The van der Waals surface area contributed by atoms with Crippen molar-refractivity contribution in [2.24, 2.45) is 0 Å². The van der Waals surface area contributed by atoms with E-state index in [-0.39, 0.29) is 6.04 Å². The molecule has 1 unspecified atom stereocenters. The lowest BCUT2D eigenvalue weighted by atomic mass is 10.1. The molecule has 0 aliphatic rings. The Balaban J connectivity index is 2.27. The van der Waals surface area contributed by atoms with Gasteiger partial charge in [-0.15, -0.1) is 11.3 Å². The molecule has 4 nitrogen and oxygen atoms in total. The zero-order valence-corrected chi connectivity index (χ0v) is 13.5. The molecular weight excluding hydrogens is 284 g/mol. The van der Waals surface area contributed by atoms with Gasteiger partial charge >= 0.3 is 5.97 Å². The second-order valence-corrected chi connectivity index (χ2v) is 6.45. The number of carbonyl (C=O) groups is 1. The second kappa shape index (κ2) is 6.18. The SMILES string of the molecule is COC(=O)c1cccc(NC(C)c2cc(C)sc2C)c1N. The highest BCUT2D eigenvalue weighted by Crippen LogP contribution is 2.31. The van der Waals surface area contributed by atoms with Gasteiger partial charge in [-0.2, -0.15) is 0 Å². The Morgan fingerprint density at radius 2 is 2.10 bits per heavy atom. The molecule has 2 aromatic rings. The minimum absolute atomic E-state index is 0.116. The van der Waals surface area contributed by atoms with Crippen molar-refractivity contribution in [1.29, 1.82) is 0 Å². The molecule has 0 saturated carbocycles. The number of nitrogens with one attached hydrogen (secondary N) is 1. The monoisotopic (exact) mass is 304 g/mol. The summed E-state index contributed by atoms with van der Waals surface area (Å²) in [6, 6.07) is 7.62. The van der Waals surface area contributed by atoms with Crippen molar-refractivity contribution < 1.29 is 9.53 Å². The van der Waals surface area contributed by atoms with Gasteiger partial charge in [-0.3, -0.25) is 0 Å². The van der Waals surface area contributed by atoms with E-state index in [0.717, 1.165) is 5.69 Å². The summed E-state index contributed by atoms with van der Waals surface area (Å²) < 4.78 is 4.74. The molecule has 0 aliphatic carbocycles. The van der Waals surface area contributed by atoms with Crippen molar-refractivity contribution in [3.05, 3.63) is 45.1 Å². The van der Waals surface area contributed by atoms with Crippen LogP contribution in [0.3, 0.4) is 0 Å². The first kappa shape index (κ1) is 15.4. The molecule has 0 bridgehead atoms. The van der Waals surface area contributed by atoms with Gasteiger partial charge in [0, 0.05) is 15.8 Å². The number of esters is 1. The highest BCUT2D eigenvalue weighted by atomic mass is 32.1. The molecule has 21 heavy (non-hydrogen) atoms. The Hall–Kier alpha value is -2.01. The number of ether oxygens (including phenoxy) is 1. The maximum absolute atomic E-state index is 11.7. The number of aryl methyl sites for hydroxylation is 2. The van der Waals surface area contributed by atoms with E-state index in [9.17, 15) is 4.79 Å². The van der Waals surface area contributed by atoms with Gasteiger partial charge in [-0.1, -0.05) is 6.07 Å². The van der Waals surface area contributed by atoms with Crippen LogP contribution in [-0.2, 0) is 4.74 Å². The van der Waals surface area contributed by atoms with Crippen LogP contribution in [0.25, 0.3) is 0 Å². The zero-order chi connectivity index (χ0) is 15.6. The summed E-state index contributed by atoms with van der Waals surface area (Å²) in [6.07, 6.45) is 0. The van der Waals surface area contributed by atoms with Crippen LogP contribution in [0.4, 0.5) is 11.4 Å². The number of nitrogen functional groups attached to an aromatic ring is 1. The van der Waals surface area contributed by atoms with Crippen LogP contribution in [-0.4, -0.2) is 13.1 Å². The van der Waals surface area contributed by atoms with Crippen molar-refractivity contribution in [2.45, 2.75) is 26.8 Å². The third-order valence-electron chi connectivity index (χ3n) is 3.43. The number of hydrogen-bond acceptors (Lipinski definition) is 5. The summed E-state index contributed by atoms with van der Waals surface area (Å²) in [5.41, 5.74) is 8.86. The van der Waals surface area contributed by atoms with Gasteiger partial charge in [-0.25, -0.2) is 4.79 Å². The van der Waals surface area contributed by atoms with E-state index in [4.69, 9.17) is 10.5 Å². The highest BCUT2D eigenvalue weighted by Gasteiger charge is 2.16. The number of methoxy groups -OCH3 is 1. The summed E-state index contributed by atoms with van der Waals surface area (Å²) in [5.74, 6) is -0.425. The van der Waals surface area contributed by atoms with E-state index in [1.54, 1.807) is 23.5 Å². The fourth-order valence-corrected chi connectivity index (χ4v) is 3.39. The normalized spacial score (nSPS) is 12.0. The number of thiophene rings is 1. The molecular formula is C16H20N2O2S. The lowest BCUT2D eigenvalue weighted by molar-refractivity contribution is 0.0602. The maximum Gasteiger partial charge on any atom is 0.340 e. The number of anilines is 2. The number of carbonyl (C=O) groups excluding carboxylic acids is 1. The molecule has 3 N–H and O–H groups in total. The third kappa shape index (κ3) is 3.19. The topological polar surface area (TPSA) is 64.3 Å². The molecule has 5 heteroatoms. The number of nitrogens with two attached hydrogens (primary N) is 1. The van der Waals surface area contributed by atoms with Gasteiger partial charge in [0.2, 0.25) is 0 Å². The molecule has 0 aliphatic heterocycles. The van der Waals surface area contributed by atoms with Crippen LogP contribution in [0.1, 0.15) is 38.6 Å². The fraction of sp³-hybridized carbons (Fsp3) is 0.312. The predicted octanol–water partition coefficient (Wildman–Crippen LogP) is 3.91. The smallest absolute Gasteiger partial charge is 0.340 e. The van der Waals surface area contributed by atoms with Crippen LogP contribution in [0.15, 0.2) is 24.3 Å². The number of benzene rings is 1. The van der Waals surface area contributed by atoms with Crippen LogP contribution in [0.5, 0.6) is 0 Å². The van der Waals surface area contributed by atoms with Crippen LogP contribution >= 0.6 is 11.3 Å². The number of rotatable bonds is 4. The van der Waals surface area contributed by atoms with Crippen LogP contribution in [0, 0.1) is 13.8 Å². The Kier molecular flexibility index (Phi) is 4.53. The molecule has 112 valence electrons. The van der Waals surface area contributed by atoms with Gasteiger partial charge in [0.1, 0.15) is 0 Å². The first-order chi connectivity index (χ1) is 9.93. The standard InChI is InChI=1S/C16H20N2O2S/c1-9-8-13(11(3)21-9)10(2)18-14-7-5-6-12(15(14)17)16(19)20-4/h5-8,10,18H,17H2,1-4H3. The van der Waals surface area contributed by atoms with E-state index in [1.807, 2.05) is 6.07 Å². The first-order valence-corrected chi connectivity index (χ1v) is 7.56. The van der Waals surface area contributed by atoms with Crippen molar-refractivity contribution in [1.82, 2.24) is 0 Å². The van der Waals surface area contributed by atoms with Gasteiger partial charge in [0.05, 0.1) is 24.0 Å². The summed E-state index contributed by atoms with van der Waals surface area (Å²) >= 11 is 1.78. The van der Waals surface area contributed by atoms with Crippen molar-refractivity contribution >= 4 is 28.7 Å². The van der Waals surface area contributed by atoms with E-state index < -0.39 is 5.97 Å². The first-order valence-electron chi connectivity index (χ1n) is 6.74. The largest absolute Gasteiger partial charge is 0.465 e. The van der Waals surface area contributed by atoms with Crippen molar-refractivity contribution in [2.75, 3.05) is 18.2 Å². The van der Waals surface area contributed by atoms with Gasteiger partial charge in [0.25, 0.3) is 0 Å². The maximum atomic E-state index is 11.7. The fourth-order valence-electron chi connectivity index (χ4n) is 2.37. The molecule has 1 aromatic carbocycles. The van der Waals surface area contributed by atoms with Crippen molar-refractivity contribution in [3.8, 4) is 0 Å². The van der Waals surface area contributed by atoms with Crippen LogP contribution < -0.4 is 11.1 Å². The number of para-hydroxylation sites is 1. The summed E-state index contributed by atoms with van der Waals surface area (Å²) in [4.78, 5) is 14.2. The molecule has 0 spiro atoms. The molecule has 2 rings (SSSR count). The van der Waals surface area contributed by atoms with Gasteiger partial charge in [-0.05, 0) is 44.5 Å². The molecule has 0 saturated heterocycles. The van der Waals surface area contributed by atoms with E-state index in [0.29, 0.717) is 11.3 Å². The van der Waals surface area contributed by atoms with Gasteiger partial charge in [0.15, 0.2) is 0 Å². The summed E-state index contributed by atoms with van der Waals surface area (Å²) in [7, 11) is 1.35. The summed E-state index contributed by atoms with van der Waals surface area (Å²) in [6.45, 7) is 6.29. The Morgan fingerprint density at radius 1 is 1.38 bits per heavy atom. The third-order valence-corrected chi connectivity index (χ3v) is 4.41. The van der Waals surface area contributed by atoms with Crippen LogP contribution in [0.2, 0.25) is 0 Å². The Bertz CT molecular complexity index is 664. The Labute approximate surface area is 128 Å². The molecule has 1 heterocycles. The lowest BCUT2D eigenvalue weighted by Crippen LogP contribution is -2.12. The second-order valence-electron chi connectivity index (χ2n) is 4.99. The quantitative estimate of drug-likeness (QED) is 0.664. The van der Waals surface area contributed by atoms with E-state index in [1.165, 1.54) is 22.4 Å². The summed E-state index contributed by atoms with van der Waals surface area (Å²) in [5, 5.41) is 3.37. The molecule has 1 atom stereocenters. The van der Waals surface area contributed by atoms with Gasteiger partial charge < -0.3 is 15.8 Å². The molecule has 1 aromatic heterocycles. The Morgan fingerprint density at radius 3 is 2.67 bits per heavy atom. The zero-order valence-electron chi connectivity index (χ0n) is 12.7. The molecule has 0 fully saturated rings. The average Bonchev–Trinajstić information content (AvgIpc) is 2.79. The number of hydrogen-bond donors (Lipinski definition) is 2. The highest BCUT2D eigenvalue weighted by molar-refractivity contribution is 7.12. The molecule has 0 radical (unpaired) electrons. The molecule has 0 amide bonds.